The molecule has 0 saturated heterocycles. The maximum absolute atomic E-state index is 4.44. The fourth-order valence-electron chi connectivity index (χ4n) is 2.03. The molecule has 19 heavy (non-hydrogen) atoms. The maximum atomic E-state index is 4.44. The molecule has 3 aromatic rings. The number of hydrogen-bond donors (Lipinski definition) is 0. The lowest BCUT2D eigenvalue weighted by Crippen LogP contribution is -2.18. The Morgan fingerprint density at radius 1 is 1.16 bits per heavy atom. The van der Waals surface area contributed by atoms with Gasteiger partial charge in [-0.3, -0.25) is 9.25 Å². The van der Waals surface area contributed by atoms with Gasteiger partial charge < -0.3 is 4.90 Å². The minimum absolute atomic E-state index is 0.877. The zero-order valence-corrected chi connectivity index (χ0v) is 11.1. The van der Waals surface area contributed by atoms with E-state index >= 15 is 0 Å². The second-order valence-corrected chi connectivity index (χ2v) is 4.78. The van der Waals surface area contributed by atoms with E-state index in [1.807, 2.05) is 21.5 Å². The lowest BCUT2D eigenvalue weighted by atomic mass is 10.2. The molecule has 1 aromatic carbocycles. The standard InChI is InChI=1S/C13H16N6/c1-17(2)5-6-19-13-7-12(18-9-14-15-10-18)4-3-11(13)8-16-19/h3-4,7-10H,5-6H2,1-2H3. The van der Waals surface area contributed by atoms with E-state index in [1.54, 1.807) is 12.7 Å². The fourth-order valence-corrected chi connectivity index (χ4v) is 2.03. The first kappa shape index (κ1) is 11.9. The van der Waals surface area contributed by atoms with Crippen LogP contribution in [0.1, 0.15) is 0 Å². The molecule has 2 aromatic heterocycles. The Morgan fingerprint density at radius 2 is 1.95 bits per heavy atom. The van der Waals surface area contributed by atoms with Crippen molar-refractivity contribution in [2.45, 2.75) is 6.54 Å². The van der Waals surface area contributed by atoms with Crippen molar-refractivity contribution in [2.75, 3.05) is 20.6 Å². The first-order valence-corrected chi connectivity index (χ1v) is 6.19. The van der Waals surface area contributed by atoms with Crippen LogP contribution in [0.5, 0.6) is 0 Å². The topological polar surface area (TPSA) is 51.8 Å². The number of aromatic nitrogens is 5. The van der Waals surface area contributed by atoms with Crippen molar-refractivity contribution in [2.24, 2.45) is 0 Å². The third kappa shape index (κ3) is 2.34. The molecule has 0 amide bonds. The zero-order chi connectivity index (χ0) is 13.2. The molecule has 0 atom stereocenters. The number of benzene rings is 1. The van der Waals surface area contributed by atoms with Gasteiger partial charge in [0.25, 0.3) is 0 Å². The SMILES string of the molecule is CN(C)CCn1ncc2ccc(-n3cnnc3)cc21. The molecule has 0 fully saturated rings. The molecular formula is C13H16N6. The molecule has 6 heteroatoms. The summed E-state index contributed by atoms with van der Waals surface area (Å²) in [7, 11) is 4.13. The van der Waals surface area contributed by atoms with Crippen molar-refractivity contribution in [3.8, 4) is 5.69 Å². The third-order valence-electron chi connectivity index (χ3n) is 3.10. The van der Waals surface area contributed by atoms with Crippen LogP contribution >= 0.6 is 0 Å². The monoisotopic (exact) mass is 256 g/mol. The number of rotatable bonds is 4. The Labute approximate surface area is 111 Å². The van der Waals surface area contributed by atoms with E-state index in [-0.39, 0.29) is 0 Å². The second-order valence-electron chi connectivity index (χ2n) is 4.78. The first-order valence-electron chi connectivity index (χ1n) is 6.19. The molecule has 0 aliphatic heterocycles. The number of likely N-dealkylation sites (N-methyl/N-ethyl adjacent to an activating group) is 1. The van der Waals surface area contributed by atoms with Crippen LogP contribution in [-0.4, -0.2) is 50.1 Å². The fraction of sp³-hybridized carbons (Fsp3) is 0.308. The van der Waals surface area contributed by atoms with E-state index in [0.29, 0.717) is 0 Å². The van der Waals surface area contributed by atoms with Crippen LogP contribution in [-0.2, 0) is 6.54 Å². The molecular weight excluding hydrogens is 240 g/mol. The Hall–Kier alpha value is -2.21. The van der Waals surface area contributed by atoms with E-state index < -0.39 is 0 Å². The predicted molar refractivity (Wildman–Crippen MR) is 73.2 cm³/mol. The van der Waals surface area contributed by atoms with Crippen LogP contribution in [0.4, 0.5) is 0 Å². The molecule has 0 aliphatic rings. The lowest BCUT2D eigenvalue weighted by molar-refractivity contribution is 0.377. The first-order chi connectivity index (χ1) is 9.24. The summed E-state index contributed by atoms with van der Waals surface area (Å²) in [6.07, 6.45) is 5.30. The van der Waals surface area contributed by atoms with Gasteiger partial charge >= 0.3 is 0 Å². The van der Waals surface area contributed by atoms with Gasteiger partial charge in [-0.25, -0.2) is 0 Å². The van der Waals surface area contributed by atoms with E-state index in [2.05, 4.69) is 46.4 Å². The normalized spacial score (nSPS) is 11.5. The van der Waals surface area contributed by atoms with Crippen molar-refractivity contribution >= 4 is 10.9 Å². The molecule has 0 unspecified atom stereocenters. The van der Waals surface area contributed by atoms with Gasteiger partial charge in [-0.15, -0.1) is 10.2 Å². The van der Waals surface area contributed by atoms with Gasteiger partial charge in [0, 0.05) is 11.9 Å². The molecule has 0 bridgehead atoms. The number of hydrogen-bond acceptors (Lipinski definition) is 4. The smallest absolute Gasteiger partial charge is 0.123 e. The minimum atomic E-state index is 0.877. The summed E-state index contributed by atoms with van der Waals surface area (Å²) in [6, 6.07) is 6.23. The van der Waals surface area contributed by atoms with Crippen LogP contribution < -0.4 is 0 Å². The van der Waals surface area contributed by atoms with Gasteiger partial charge in [-0.1, -0.05) is 0 Å². The Bertz CT molecular complexity index is 668. The van der Waals surface area contributed by atoms with Gasteiger partial charge in [0.15, 0.2) is 0 Å². The zero-order valence-electron chi connectivity index (χ0n) is 11.1. The van der Waals surface area contributed by atoms with Crippen molar-refractivity contribution in [3.05, 3.63) is 37.1 Å². The summed E-state index contributed by atoms with van der Waals surface area (Å²) in [5, 5.41) is 13.3. The lowest BCUT2D eigenvalue weighted by Gasteiger charge is -2.10. The number of fused-ring (bicyclic) bond motifs is 1. The van der Waals surface area contributed by atoms with Crippen molar-refractivity contribution < 1.29 is 0 Å². The second kappa shape index (κ2) is 4.81. The summed E-state index contributed by atoms with van der Waals surface area (Å²) in [6.45, 7) is 1.84. The quantitative estimate of drug-likeness (QED) is 0.703. The van der Waals surface area contributed by atoms with Gasteiger partial charge in [-0.2, -0.15) is 5.10 Å². The maximum Gasteiger partial charge on any atom is 0.123 e. The highest BCUT2D eigenvalue weighted by Gasteiger charge is 2.05. The molecule has 3 rings (SSSR count). The molecule has 0 radical (unpaired) electrons. The van der Waals surface area contributed by atoms with Crippen LogP contribution in [0.25, 0.3) is 16.6 Å². The van der Waals surface area contributed by atoms with Gasteiger partial charge in [0.05, 0.1) is 23.9 Å². The van der Waals surface area contributed by atoms with Crippen molar-refractivity contribution in [3.63, 3.8) is 0 Å². The summed E-state index contributed by atoms with van der Waals surface area (Å²) < 4.78 is 3.92. The molecule has 0 spiro atoms. The Balaban J connectivity index is 1.98. The van der Waals surface area contributed by atoms with E-state index in [9.17, 15) is 0 Å². The highest BCUT2D eigenvalue weighted by molar-refractivity contribution is 5.80. The Kier molecular flexibility index (Phi) is 3.00. The summed E-state index contributed by atoms with van der Waals surface area (Å²) in [5.41, 5.74) is 2.18. The van der Waals surface area contributed by atoms with Crippen molar-refractivity contribution in [1.82, 2.24) is 29.4 Å². The Morgan fingerprint density at radius 3 is 2.68 bits per heavy atom. The molecule has 6 nitrogen and oxygen atoms in total. The highest BCUT2D eigenvalue weighted by atomic mass is 15.3. The highest BCUT2D eigenvalue weighted by Crippen LogP contribution is 2.18. The summed E-state index contributed by atoms with van der Waals surface area (Å²) in [4.78, 5) is 2.15. The molecule has 0 aliphatic carbocycles. The molecule has 0 saturated carbocycles. The van der Waals surface area contributed by atoms with Crippen LogP contribution in [0.2, 0.25) is 0 Å². The van der Waals surface area contributed by atoms with Gasteiger partial charge in [-0.05, 0) is 32.3 Å². The summed E-state index contributed by atoms with van der Waals surface area (Å²) in [5.74, 6) is 0. The van der Waals surface area contributed by atoms with E-state index in [0.717, 1.165) is 29.7 Å². The van der Waals surface area contributed by atoms with Gasteiger partial charge in [0.2, 0.25) is 0 Å². The average molecular weight is 256 g/mol. The summed E-state index contributed by atoms with van der Waals surface area (Å²) >= 11 is 0. The minimum Gasteiger partial charge on any atom is -0.308 e. The largest absolute Gasteiger partial charge is 0.308 e. The molecule has 0 N–H and O–H groups in total. The van der Waals surface area contributed by atoms with Crippen LogP contribution in [0.3, 0.4) is 0 Å². The van der Waals surface area contributed by atoms with Crippen LogP contribution in [0.15, 0.2) is 37.1 Å². The van der Waals surface area contributed by atoms with E-state index in [1.165, 1.54) is 0 Å². The van der Waals surface area contributed by atoms with Gasteiger partial charge in [0.1, 0.15) is 12.7 Å². The number of nitrogens with zero attached hydrogens (tertiary/aromatic N) is 6. The predicted octanol–water partition coefficient (Wildman–Crippen LogP) is 1.18. The average Bonchev–Trinajstić information content (AvgIpc) is 3.05. The molecule has 2 heterocycles. The van der Waals surface area contributed by atoms with Crippen molar-refractivity contribution in [1.29, 1.82) is 0 Å². The third-order valence-corrected chi connectivity index (χ3v) is 3.10. The van der Waals surface area contributed by atoms with E-state index in [4.69, 9.17) is 0 Å². The van der Waals surface area contributed by atoms with Crippen LogP contribution in [0, 0.1) is 0 Å². The molecule has 98 valence electrons.